The third kappa shape index (κ3) is 3.98. The average Bonchev–Trinajstić information content (AvgIpc) is 2.81. The normalized spacial score (nSPS) is 24.5. The van der Waals surface area contributed by atoms with Crippen molar-refractivity contribution >= 4 is 8.58 Å². The molecule has 0 radical (unpaired) electrons. The van der Waals surface area contributed by atoms with Crippen molar-refractivity contribution in [2.24, 2.45) is 0 Å². The van der Waals surface area contributed by atoms with Crippen LogP contribution in [0.5, 0.6) is 0 Å². The van der Waals surface area contributed by atoms with E-state index < -0.39 is 0 Å². The summed E-state index contributed by atoms with van der Waals surface area (Å²) in [7, 11) is 1.34. The summed E-state index contributed by atoms with van der Waals surface area (Å²) in [5, 5.41) is 0. The third-order valence-electron chi connectivity index (χ3n) is 3.18. The molecule has 0 nitrogen and oxygen atoms in total. The Morgan fingerprint density at radius 2 is 1.00 bits per heavy atom. The zero-order valence-electron chi connectivity index (χ0n) is 9.31. The molecule has 0 aromatic heterocycles. The molecule has 0 N–H and O–H groups in total. The Bertz CT molecular complexity index is 96.3. The van der Waals surface area contributed by atoms with Gasteiger partial charge in [-0.15, -0.1) is 8.58 Å². The summed E-state index contributed by atoms with van der Waals surface area (Å²) in [6, 6.07) is 0. The molecule has 0 aromatic rings. The van der Waals surface area contributed by atoms with Crippen LogP contribution in [0, 0.1) is 0 Å². The largest absolute Gasteiger partial charge is 0.116 e. The van der Waals surface area contributed by atoms with E-state index in [-0.39, 0.29) is 0 Å². The molecule has 0 spiro atoms. The van der Waals surface area contributed by atoms with E-state index in [1.54, 1.807) is 25.7 Å². The molecular formula is C12H25P. The smallest absolute Gasteiger partial charge is 0.0234 e. The maximum atomic E-state index is 2.00. The van der Waals surface area contributed by atoms with E-state index >= 15 is 0 Å². The van der Waals surface area contributed by atoms with Crippen LogP contribution >= 0.6 is 8.58 Å². The minimum atomic E-state index is 1.16. The molecule has 2 rings (SSSR count). The second-order valence-electron chi connectivity index (χ2n) is 4.13. The van der Waals surface area contributed by atoms with Gasteiger partial charge >= 0.3 is 0 Å². The Morgan fingerprint density at radius 1 is 0.692 bits per heavy atom. The van der Waals surface area contributed by atoms with E-state index in [0.29, 0.717) is 0 Å². The fourth-order valence-corrected chi connectivity index (χ4v) is 4.67. The van der Waals surface area contributed by atoms with Crippen LogP contribution in [-0.2, 0) is 0 Å². The van der Waals surface area contributed by atoms with Crippen molar-refractivity contribution in [3.05, 3.63) is 0 Å². The first-order chi connectivity index (χ1) is 6.45. The van der Waals surface area contributed by atoms with Crippen LogP contribution in [0.2, 0.25) is 0 Å². The summed E-state index contributed by atoms with van der Waals surface area (Å²) >= 11 is 0. The maximum Gasteiger partial charge on any atom is -0.0234 e. The molecule has 0 bridgehead atoms. The average molecular weight is 200 g/mol. The summed E-state index contributed by atoms with van der Waals surface area (Å²) in [5.41, 5.74) is 2.33. The predicted octanol–water partition coefficient (Wildman–Crippen LogP) is 4.58. The molecule has 0 atom stereocenters. The highest BCUT2D eigenvalue weighted by Gasteiger charge is 2.21. The van der Waals surface area contributed by atoms with Gasteiger partial charge in [0.15, 0.2) is 0 Å². The Kier molecular flexibility index (Phi) is 6.04. The summed E-state index contributed by atoms with van der Waals surface area (Å²) in [6.07, 6.45) is 12.4. The van der Waals surface area contributed by atoms with Crippen molar-refractivity contribution in [3.8, 4) is 0 Å². The van der Waals surface area contributed by atoms with E-state index in [0.717, 1.165) is 11.3 Å². The Labute approximate surface area is 85.7 Å². The van der Waals surface area contributed by atoms with Gasteiger partial charge in [0.1, 0.15) is 0 Å². The van der Waals surface area contributed by atoms with E-state index in [1.165, 1.54) is 34.3 Å². The topological polar surface area (TPSA) is 0 Å². The van der Waals surface area contributed by atoms with Crippen LogP contribution in [0.3, 0.4) is 0 Å². The lowest BCUT2D eigenvalue weighted by Crippen LogP contribution is -2.00. The van der Waals surface area contributed by atoms with Crippen molar-refractivity contribution in [1.29, 1.82) is 0 Å². The predicted molar refractivity (Wildman–Crippen MR) is 64.2 cm³/mol. The summed E-state index contributed by atoms with van der Waals surface area (Å²) in [5.74, 6) is 0. The first-order valence-corrected chi connectivity index (χ1v) is 7.37. The van der Waals surface area contributed by atoms with Crippen LogP contribution in [0.15, 0.2) is 0 Å². The van der Waals surface area contributed by atoms with Crippen molar-refractivity contribution < 1.29 is 0 Å². The lowest BCUT2D eigenvalue weighted by atomic mass is 10.4. The molecule has 2 aliphatic rings. The zero-order chi connectivity index (χ0) is 9.52. The lowest BCUT2D eigenvalue weighted by Gasteiger charge is -2.14. The maximum absolute atomic E-state index is 2.00. The van der Waals surface area contributed by atoms with Gasteiger partial charge in [-0.1, -0.05) is 39.5 Å². The summed E-state index contributed by atoms with van der Waals surface area (Å²) in [6.45, 7) is 4.00. The second-order valence-corrected chi connectivity index (χ2v) is 6.10. The highest BCUT2D eigenvalue weighted by molar-refractivity contribution is 7.39. The summed E-state index contributed by atoms with van der Waals surface area (Å²) in [4.78, 5) is 0. The van der Waals surface area contributed by atoms with Gasteiger partial charge in [-0.2, -0.15) is 0 Å². The fourth-order valence-electron chi connectivity index (χ4n) is 2.52. The molecule has 0 saturated heterocycles. The second kappa shape index (κ2) is 6.82. The van der Waals surface area contributed by atoms with E-state index in [1.807, 2.05) is 13.8 Å². The number of hydrogen-bond donors (Lipinski definition) is 0. The Hall–Kier alpha value is 0.430. The first kappa shape index (κ1) is 11.5. The van der Waals surface area contributed by atoms with Crippen LogP contribution in [0.4, 0.5) is 0 Å². The van der Waals surface area contributed by atoms with E-state index in [2.05, 4.69) is 0 Å². The highest BCUT2D eigenvalue weighted by atomic mass is 31.1. The monoisotopic (exact) mass is 200 g/mol. The van der Waals surface area contributed by atoms with Crippen molar-refractivity contribution in [3.63, 3.8) is 0 Å². The van der Waals surface area contributed by atoms with E-state index in [4.69, 9.17) is 0 Å². The molecule has 13 heavy (non-hydrogen) atoms. The van der Waals surface area contributed by atoms with Crippen LogP contribution in [-0.4, -0.2) is 11.3 Å². The van der Waals surface area contributed by atoms with Gasteiger partial charge in [-0.05, 0) is 37.0 Å². The molecule has 0 amide bonds. The SMILES string of the molecule is C1CCC(PC2CCCC2)C1.CC. The Balaban J connectivity index is 0.000000396. The van der Waals surface area contributed by atoms with Gasteiger partial charge in [0.2, 0.25) is 0 Å². The minimum Gasteiger partial charge on any atom is -0.116 e. The van der Waals surface area contributed by atoms with Crippen molar-refractivity contribution in [1.82, 2.24) is 0 Å². The van der Waals surface area contributed by atoms with Crippen molar-refractivity contribution in [2.45, 2.75) is 76.5 Å². The molecule has 78 valence electrons. The van der Waals surface area contributed by atoms with Crippen LogP contribution in [0.1, 0.15) is 65.2 Å². The number of hydrogen-bond acceptors (Lipinski definition) is 0. The van der Waals surface area contributed by atoms with Gasteiger partial charge in [0, 0.05) is 0 Å². The molecule has 0 heterocycles. The van der Waals surface area contributed by atoms with Gasteiger partial charge in [-0.3, -0.25) is 0 Å². The fraction of sp³-hybridized carbons (Fsp3) is 1.00. The highest BCUT2D eigenvalue weighted by Crippen LogP contribution is 2.43. The van der Waals surface area contributed by atoms with Crippen molar-refractivity contribution in [2.75, 3.05) is 0 Å². The van der Waals surface area contributed by atoms with E-state index in [9.17, 15) is 0 Å². The first-order valence-electron chi connectivity index (χ1n) is 6.21. The molecule has 2 saturated carbocycles. The molecule has 2 aliphatic carbocycles. The molecule has 0 aliphatic heterocycles. The van der Waals surface area contributed by atoms with Gasteiger partial charge in [0.25, 0.3) is 0 Å². The van der Waals surface area contributed by atoms with Gasteiger partial charge in [-0.25, -0.2) is 0 Å². The molecule has 1 heteroatoms. The van der Waals surface area contributed by atoms with Crippen LogP contribution in [0.25, 0.3) is 0 Å². The minimum absolute atomic E-state index is 1.16. The number of rotatable bonds is 2. The molecule has 2 fully saturated rings. The molecule has 0 unspecified atom stereocenters. The lowest BCUT2D eigenvalue weighted by molar-refractivity contribution is 0.844. The van der Waals surface area contributed by atoms with Gasteiger partial charge in [0.05, 0.1) is 0 Å². The zero-order valence-corrected chi connectivity index (χ0v) is 10.3. The third-order valence-corrected chi connectivity index (χ3v) is 5.28. The standard InChI is InChI=1S/C10H19P.C2H6/c1-2-6-9(5-1)11-10-7-3-4-8-10;1-2/h9-11H,1-8H2;1-2H3. The van der Waals surface area contributed by atoms with Crippen LogP contribution < -0.4 is 0 Å². The summed E-state index contributed by atoms with van der Waals surface area (Å²) < 4.78 is 0. The quantitative estimate of drug-likeness (QED) is 0.572. The Morgan fingerprint density at radius 3 is 1.31 bits per heavy atom. The molecule has 0 aromatic carbocycles. The molecular weight excluding hydrogens is 175 g/mol. The van der Waals surface area contributed by atoms with Gasteiger partial charge < -0.3 is 0 Å².